The Hall–Kier alpha value is -2.16. The number of carboxylic acid groups (broad SMARTS) is 1. The molecule has 1 N–H and O–H groups in total. The minimum Gasteiger partial charge on any atom is -0.481 e. The number of aliphatic carboxylic acids is 1. The molecule has 0 spiro atoms. The maximum absolute atomic E-state index is 11.1. The second kappa shape index (κ2) is 14.8. The predicted octanol–water partition coefficient (Wildman–Crippen LogP) is 3.47. The molecule has 0 saturated carbocycles. The van der Waals surface area contributed by atoms with E-state index >= 15 is 0 Å². The SMILES string of the molecule is C=CC=CC=CCC(=O)C=CCC=C.CC(=O)O. The average molecular weight is 248 g/mol. The molecule has 98 valence electrons. The van der Waals surface area contributed by atoms with Crippen molar-refractivity contribution in [2.45, 2.75) is 19.8 Å². The fourth-order valence-corrected chi connectivity index (χ4v) is 0.769. The molecule has 0 aliphatic rings. The van der Waals surface area contributed by atoms with Crippen molar-refractivity contribution in [3.63, 3.8) is 0 Å². The van der Waals surface area contributed by atoms with Crippen molar-refractivity contribution >= 4 is 11.8 Å². The van der Waals surface area contributed by atoms with Gasteiger partial charge in [-0.05, 0) is 12.5 Å². The molecule has 0 amide bonds. The van der Waals surface area contributed by atoms with Crippen molar-refractivity contribution in [1.82, 2.24) is 0 Å². The Labute approximate surface area is 109 Å². The standard InChI is InChI=1S/C13H16O.C2H4O2/c1-3-5-7-8-10-12-13(14)11-9-6-4-2;1-2(3)4/h3-5,7-11H,1-2,6,12H2;1H3,(H,3,4). The molecule has 0 aliphatic heterocycles. The van der Waals surface area contributed by atoms with E-state index < -0.39 is 5.97 Å². The van der Waals surface area contributed by atoms with E-state index in [4.69, 9.17) is 9.90 Å². The number of allylic oxidation sites excluding steroid dienone is 8. The van der Waals surface area contributed by atoms with Gasteiger partial charge in [0, 0.05) is 13.3 Å². The fraction of sp³-hybridized carbons (Fsp3) is 0.200. The summed E-state index contributed by atoms with van der Waals surface area (Å²) in [5, 5.41) is 7.42. The Kier molecular flexibility index (Phi) is 15.0. The molecule has 0 fully saturated rings. The molecule has 3 heteroatoms. The van der Waals surface area contributed by atoms with E-state index in [0.29, 0.717) is 6.42 Å². The molecule has 0 aromatic heterocycles. The molecule has 0 saturated heterocycles. The van der Waals surface area contributed by atoms with Crippen LogP contribution in [-0.2, 0) is 9.59 Å². The number of rotatable bonds is 7. The highest BCUT2D eigenvalue weighted by atomic mass is 16.4. The van der Waals surface area contributed by atoms with Crippen molar-refractivity contribution in [2.75, 3.05) is 0 Å². The van der Waals surface area contributed by atoms with Crippen LogP contribution in [0.25, 0.3) is 0 Å². The van der Waals surface area contributed by atoms with Crippen LogP contribution in [0.5, 0.6) is 0 Å². The Balaban J connectivity index is 0. The van der Waals surface area contributed by atoms with Gasteiger partial charge in [-0.1, -0.05) is 49.1 Å². The lowest BCUT2D eigenvalue weighted by atomic mass is 10.2. The van der Waals surface area contributed by atoms with Gasteiger partial charge in [0.05, 0.1) is 0 Å². The third-order valence-corrected chi connectivity index (χ3v) is 1.42. The van der Waals surface area contributed by atoms with Crippen LogP contribution in [0.15, 0.2) is 61.8 Å². The molecule has 0 aromatic carbocycles. The monoisotopic (exact) mass is 248 g/mol. The van der Waals surface area contributed by atoms with Gasteiger partial charge in [-0.2, -0.15) is 0 Å². The molecule has 0 heterocycles. The molecule has 0 bridgehead atoms. The Morgan fingerprint density at radius 3 is 2.22 bits per heavy atom. The van der Waals surface area contributed by atoms with Crippen LogP contribution in [0.3, 0.4) is 0 Å². The van der Waals surface area contributed by atoms with Crippen LogP contribution in [0.4, 0.5) is 0 Å². The lowest BCUT2D eigenvalue weighted by Gasteiger charge is -1.85. The third kappa shape index (κ3) is 23.6. The van der Waals surface area contributed by atoms with Gasteiger partial charge in [0.25, 0.3) is 5.97 Å². The molecule has 3 nitrogen and oxygen atoms in total. The summed E-state index contributed by atoms with van der Waals surface area (Å²) >= 11 is 0. The molecular weight excluding hydrogens is 228 g/mol. The number of hydrogen-bond donors (Lipinski definition) is 1. The van der Waals surface area contributed by atoms with Crippen molar-refractivity contribution in [3.05, 3.63) is 61.8 Å². The minimum absolute atomic E-state index is 0.107. The Morgan fingerprint density at radius 2 is 1.72 bits per heavy atom. The van der Waals surface area contributed by atoms with Crippen LogP contribution in [0, 0.1) is 0 Å². The fourth-order valence-electron chi connectivity index (χ4n) is 0.769. The highest BCUT2D eigenvalue weighted by Gasteiger charge is 1.89. The summed E-state index contributed by atoms with van der Waals surface area (Å²) in [6, 6.07) is 0. The number of carboxylic acids is 1. The molecule has 0 rings (SSSR count). The first-order valence-corrected chi connectivity index (χ1v) is 5.48. The van der Waals surface area contributed by atoms with Crippen LogP contribution in [-0.4, -0.2) is 16.9 Å². The summed E-state index contributed by atoms with van der Waals surface area (Å²) in [5.41, 5.74) is 0. The van der Waals surface area contributed by atoms with Crippen LogP contribution < -0.4 is 0 Å². The van der Waals surface area contributed by atoms with E-state index in [2.05, 4.69) is 13.2 Å². The van der Waals surface area contributed by atoms with Crippen LogP contribution >= 0.6 is 0 Å². The van der Waals surface area contributed by atoms with Crippen molar-refractivity contribution in [2.24, 2.45) is 0 Å². The number of carbonyl (C=O) groups is 2. The van der Waals surface area contributed by atoms with Crippen molar-refractivity contribution in [3.8, 4) is 0 Å². The largest absolute Gasteiger partial charge is 0.481 e. The van der Waals surface area contributed by atoms with E-state index in [1.54, 1.807) is 18.2 Å². The van der Waals surface area contributed by atoms with Gasteiger partial charge in [0.2, 0.25) is 0 Å². The van der Waals surface area contributed by atoms with E-state index in [9.17, 15) is 4.79 Å². The Morgan fingerprint density at radius 1 is 1.11 bits per heavy atom. The summed E-state index contributed by atoms with van der Waals surface area (Å²) < 4.78 is 0. The number of hydrogen-bond acceptors (Lipinski definition) is 2. The first kappa shape index (κ1) is 18.2. The van der Waals surface area contributed by atoms with Crippen molar-refractivity contribution < 1.29 is 14.7 Å². The molecule has 0 atom stereocenters. The van der Waals surface area contributed by atoms with Gasteiger partial charge in [0.15, 0.2) is 5.78 Å². The van der Waals surface area contributed by atoms with Gasteiger partial charge < -0.3 is 5.11 Å². The van der Waals surface area contributed by atoms with E-state index in [0.717, 1.165) is 13.3 Å². The van der Waals surface area contributed by atoms with Crippen molar-refractivity contribution in [1.29, 1.82) is 0 Å². The topological polar surface area (TPSA) is 54.4 Å². The number of ketones is 1. The van der Waals surface area contributed by atoms with Gasteiger partial charge in [-0.15, -0.1) is 6.58 Å². The molecule has 0 unspecified atom stereocenters. The predicted molar refractivity (Wildman–Crippen MR) is 75.4 cm³/mol. The van der Waals surface area contributed by atoms with E-state index in [-0.39, 0.29) is 5.78 Å². The molecule has 0 radical (unpaired) electrons. The van der Waals surface area contributed by atoms with Gasteiger partial charge in [-0.3, -0.25) is 9.59 Å². The van der Waals surface area contributed by atoms with Crippen LogP contribution in [0.1, 0.15) is 19.8 Å². The summed E-state index contributed by atoms with van der Waals surface area (Å²) in [5.74, 6) is -0.727. The van der Waals surface area contributed by atoms with Crippen LogP contribution in [0.2, 0.25) is 0 Å². The Bertz CT molecular complexity index is 343. The summed E-state index contributed by atoms with van der Waals surface area (Å²) in [4.78, 5) is 20.1. The third-order valence-electron chi connectivity index (χ3n) is 1.42. The minimum atomic E-state index is -0.833. The first-order chi connectivity index (χ1) is 8.54. The zero-order chi connectivity index (χ0) is 14.2. The quantitative estimate of drug-likeness (QED) is 0.426. The summed E-state index contributed by atoms with van der Waals surface area (Å²) in [7, 11) is 0. The van der Waals surface area contributed by atoms with Gasteiger partial charge in [0.1, 0.15) is 0 Å². The molecule has 0 aliphatic carbocycles. The normalized spacial score (nSPS) is 10.3. The second-order valence-electron chi connectivity index (χ2n) is 3.16. The second-order valence-corrected chi connectivity index (χ2v) is 3.16. The number of carbonyl (C=O) groups excluding carboxylic acids is 1. The summed E-state index contributed by atoms with van der Waals surface area (Å²) in [6.07, 6.45) is 15.3. The molecular formula is C15H20O3. The summed E-state index contributed by atoms with van der Waals surface area (Å²) in [6.45, 7) is 8.18. The lowest BCUT2D eigenvalue weighted by Crippen LogP contribution is -1.87. The maximum atomic E-state index is 11.1. The molecule has 0 aromatic rings. The maximum Gasteiger partial charge on any atom is 0.300 e. The lowest BCUT2D eigenvalue weighted by molar-refractivity contribution is -0.134. The van der Waals surface area contributed by atoms with Gasteiger partial charge >= 0.3 is 0 Å². The highest BCUT2D eigenvalue weighted by Crippen LogP contribution is 1.91. The smallest absolute Gasteiger partial charge is 0.300 e. The zero-order valence-electron chi connectivity index (χ0n) is 10.7. The molecule has 18 heavy (non-hydrogen) atoms. The van der Waals surface area contributed by atoms with Gasteiger partial charge in [-0.25, -0.2) is 0 Å². The highest BCUT2D eigenvalue weighted by molar-refractivity contribution is 5.90. The average Bonchev–Trinajstić information content (AvgIpc) is 2.28. The van der Waals surface area contributed by atoms with E-state index in [1.165, 1.54) is 0 Å². The zero-order valence-corrected chi connectivity index (χ0v) is 10.7. The van der Waals surface area contributed by atoms with E-state index in [1.807, 2.05) is 30.4 Å². The first-order valence-electron chi connectivity index (χ1n) is 5.48.